The summed E-state index contributed by atoms with van der Waals surface area (Å²) >= 11 is 0. The molecule has 0 aliphatic carbocycles. The third kappa shape index (κ3) is 14.0. The van der Waals surface area contributed by atoms with Crippen molar-refractivity contribution in [3.8, 4) is 0 Å². The van der Waals surface area contributed by atoms with E-state index < -0.39 is 18.3 Å². The first-order valence-corrected chi connectivity index (χ1v) is 5.35. The van der Waals surface area contributed by atoms with Crippen molar-refractivity contribution >= 4 is 30.7 Å². The summed E-state index contributed by atoms with van der Waals surface area (Å²) in [5.41, 5.74) is 4.57. The van der Waals surface area contributed by atoms with Crippen LogP contribution in [0.25, 0.3) is 0 Å². The van der Waals surface area contributed by atoms with E-state index in [0.717, 1.165) is 0 Å². The van der Waals surface area contributed by atoms with E-state index in [0.29, 0.717) is 13.0 Å². The smallest absolute Gasteiger partial charge is 0.354 e. The van der Waals surface area contributed by atoms with E-state index in [-0.39, 0.29) is 37.3 Å². The van der Waals surface area contributed by atoms with E-state index in [1.54, 1.807) is 13.8 Å². The summed E-state index contributed by atoms with van der Waals surface area (Å²) in [5.74, 6) is -0.309. The first-order valence-electron chi connectivity index (χ1n) is 5.35. The fourth-order valence-corrected chi connectivity index (χ4v) is 1.16. The lowest BCUT2D eigenvalue weighted by Crippen LogP contribution is -2.49. The molecule has 0 heterocycles. The zero-order valence-corrected chi connectivity index (χ0v) is 12.8. The van der Waals surface area contributed by atoms with E-state index in [2.05, 4.69) is 5.32 Å². The minimum atomic E-state index is -4.18. The SMILES string of the molecule is CN(CCCNC(=O)C(C)(C)N)CC(F)(F)F.Cl.Cl. The molecule has 4 nitrogen and oxygen atoms in total. The second kappa shape index (κ2) is 9.63. The molecule has 9 heteroatoms. The summed E-state index contributed by atoms with van der Waals surface area (Å²) in [5, 5.41) is 2.57. The molecule has 19 heavy (non-hydrogen) atoms. The quantitative estimate of drug-likeness (QED) is 0.728. The Kier molecular flexibility index (Phi) is 12.1. The number of halogens is 5. The lowest BCUT2D eigenvalue weighted by atomic mass is 10.1. The third-order valence-corrected chi connectivity index (χ3v) is 2.04. The number of carbonyl (C=O) groups is 1. The molecule has 0 aliphatic heterocycles. The number of nitrogens with zero attached hydrogens (tertiary/aromatic N) is 1. The predicted octanol–water partition coefficient (Wildman–Crippen LogP) is 1.57. The molecule has 1 amide bonds. The zero-order chi connectivity index (χ0) is 13.7. The van der Waals surface area contributed by atoms with Gasteiger partial charge in [0, 0.05) is 6.54 Å². The van der Waals surface area contributed by atoms with Gasteiger partial charge in [0.15, 0.2) is 0 Å². The topological polar surface area (TPSA) is 58.4 Å². The van der Waals surface area contributed by atoms with E-state index in [1.807, 2.05) is 0 Å². The summed E-state index contributed by atoms with van der Waals surface area (Å²) in [7, 11) is 1.39. The monoisotopic (exact) mass is 327 g/mol. The summed E-state index contributed by atoms with van der Waals surface area (Å²) in [6.07, 6.45) is -3.73. The number of amides is 1. The van der Waals surface area contributed by atoms with Crippen molar-refractivity contribution in [1.29, 1.82) is 0 Å². The molecule has 0 rings (SSSR count). The number of rotatable bonds is 6. The van der Waals surface area contributed by atoms with Crippen LogP contribution in [0.1, 0.15) is 20.3 Å². The third-order valence-electron chi connectivity index (χ3n) is 2.04. The van der Waals surface area contributed by atoms with E-state index in [1.165, 1.54) is 11.9 Å². The molecule has 0 spiro atoms. The number of hydrogen-bond donors (Lipinski definition) is 2. The zero-order valence-electron chi connectivity index (χ0n) is 11.2. The Bertz CT molecular complexity index is 257. The van der Waals surface area contributed by atoms with Gasteiger partial charge in [-0.2, -0.15) is 13.2 Å². The van der Waals surface area contributed by atoms with Gasteiger partial charge in [0.25, 0.3) is 0 Å². The normalized spacial score (nSPS) is 11.6. The van der Waals surface area contributed by atoms with Crippen LogP contribution in [0.4, 0.5) is 13.2 Å². The molecule has 0 unspecified atom stereocenters. The molecule has 0 aromatic carbocycles. The number of hydrogen-bond acceptors (Lipinski definition) is 3. The average Bonchev–Trinajstić information content (AvgIpc) is 2.07. The van der Waals surface area contributed by atoms with E-state index in [4.69, 9.17) is 5.73 Å². The van der Waals surface area contributed by atoms with Gasteiger partial charge in [0.1, 0.15) is 0 Å². The largest absolute Gasteiger partial charge is 0.401 e. The van der Waals surface area contributed by atoms with Crippen molar-refractivity contribution in [2.24, 2.45) is 5.73 Å². The minimum Gasteiger partial charge on any atom is -0.354 e. The van der Waals surface area contributed by atoms with Crippen LogP contribution in [0.2, 0.25) is 0 Å². The molecule has 0 aromatic heterocycles. The van der Waals surface area contributed by atoms with Crippen LogP contribution in [-0.2, 0) is 4.79 Å². The molecular formula is C10H22Cl2F3N3O. The van der Waals surface area contributed by atoms with Gasteiger partial charge >= 0.3 is 6.18 Å². The maximum absolute atomic E-state index is 12.0. The van der Waals surface area contributed by atoms with Crippen molar-refractivity contribution in [1.82, 2.24) is 10.2 Å². The van der Waals surface area contributed by atoms with Gasteiger partial charge in [-0.25, -0.2) is 0 Å². The van der Waals surface area contributed by atoms with Crippen LogP contribution in [0.15, 0.2) is 0 Å². The summed E-state index contributed by atoms with van der Waals surface area (Å²) in [6, 6.07) is 0. The van der Waals surface area contributed by atoms with Gasteiger partial charge in [-0.05, 0) is 33.9 Å². The Morgan fingerprint density at radius 1 is 1.26 bits per heavy atom. The Morgan fingerprint density at radius 2 is 1.74 bits per heavy atom. The van der Waals surface area contributed by atoms with Gasteiger partial charge in [-0.1, -0.05) is 0 Å². The molecule has 0 fully saturated rings. The van der Waals surface area contributed by atoms with E-state index >= 15 is 0 Å². The van der Waals surface area contributed by atoms with Gasteiger partial charge in [0.05, 0.1) is 12.1 Å². The molecule has 0 atom stereocenters. The highest BCUT2D eigenvalue weighted by molar-refractivity contribution is 5.85. The predicted molar refractivity (Wildman–Crippen MR) is 73.9 cm³/mol. The fraction of sp³-hybridized carbons (Fsp3) is 0.900. The van der Waals surface area contributed by atoms with Crippen molar-refractivity contribution in [2.75, 3.05) is 26.7 Å². The lowest BCUT2D eigenvalue weighted by Gasteiger charge is -2.20. The molecule has 3 N–H and O–H groups in total. The highest BCUT2D eigenvalue weighted by Gasteiger charge is 2.28. The van der Waals surface area contributed by atoms with Crippen LogP contribution in [0.5, 0.6) is 0 Å². The van der Waals surface area contributed by atoms with Crippen LogP contribution < -0.4 is 11.1 Å². The maximum atomic E-state index is 12.0. The highest BCUT2D eigenvalue weighted by atomic mass is 35.5. The summed E-state index contributed by atoms with van der Waals surface area (Å²) in [6.45, 7) is 2.78. The average molecular weight is 328 g/mol. The number of nitrogens with two attached hydrogens (primary N) is 1. The number of alkyl halides is 3. The second-order valence-electron chi connectivity index (χ2n) is 4.68. The Hall–Kier alpha value is -0.240. The van der Waals surface area contributed by atoms with Gasteiger partial charge in [-0.3, -0.25) is 9.69 Å². The van der Waals surface area contributed by atoms with E-state index in [9.17, 15) is 18.0 Å². The fourth-order valence-electron chi connectivity index (χ4n) is 1.16. The summed E-state index contributed by atoms with van der Waals surface area (Å²) < 4.78 is 35.9. The minimum absolute atomic E-state index is 0. The molecular weight excluding hydrogens is 306 g/mol. The van der Waals surface area contributed by atoms with Crippen molar-refractivity contribution in [3.05, 3.63) is 0 Å². The van der Waals surface area contributed by atoms with Gasteiger partial charge < -0.3 is 11.1 Å². The van der Waals surface area contributed by atoms with Crippen molar-refractivity contribution < 1.29 is 18.0 Å². The van der Waals surface area contributed by atoms with Gasteiger partial charge in [-0.15, -0.1) is 24.8 Å². The molecule has 0 saturated carbocycles. The standard InChI is InChI=1S/C10H20F3N3O.2ClH/c1-9(2,14)8(17)15-5-4-6-16(3)7-10(11,12)13;;/h4-7,14H2,1-3H3,(H,15,17);2*1H. The molecule has 0 radical (unpaired) electrons. The van der Waals surface area contributed by atoms with Crippen LogP contribution >= 0.6 is 24.8 Å². The molecule has 0 aromatic rings. The first-order chi connectivity index (χ1) is 7.52. The second-order valence-corrected chi connectivity index (χ2v) is 4.68. The number of carbonyl (C=O) groups excluding carboxylic acids is 1. The highest BCUT2D eigenvalue weighted by Crippen LogP contribution is 2.15. The molecule has 118 valence electrons. The van der Waals surface area contributed by atoms with Crippen LogP contribution in [0, 0.1) is 0 Å². The first kappa shape index (κ1) is 23.8. The van der Waals surface area contributed by atoms with Crippen LogP contribution in [0.3, 0.4) is 0 Å². The lowest BCUT2D eigenvalue weighted by molar-refractivity contribution is -0.143. The molecule has 0 bridgehead atoms. The van der Waals surface area contributed by atoms with Crippen molar-refractivity contribution in [2.45, 2.75) is 32.0 Å². The summed E-state index contributed by atoms with van der Waals surface area (Å²) in [4.78, 5) is 12.5. The number of nitrogens with one attached hydrogen (secondary N) is 1. The maximum Gasteiger partial charge on any atom is 0.401 e. The Balaban J connectivity index is -0.00000128. The Labute approximate surface area is 124 Å². The molecule has 0 saturated heterocycles. The van der Waals surface area contributed by atoms with Gasteiger partial charge in [0.2, 0.25) is 5.91 Å². The molecule has 0 aliphatic rings. The van der Waals surface area contributed by atoms with Crippen LogP contribution in [-0.4, -0.2) is 49.2 Å². The Morgan fingerprint density at radius 3 is 2.11 bits per heavy atom. The van der Waals surface area contributed by atoms with Crippen molar-refractivity contribution in [3.63, 3.8) is 0 Å².